The highest BCUT2D eigenvalue weighted by molar-refractivity contribution is 9.10. The van der Waals surface area contributed by atoms with Gasteiger partial charge in [0.2, 0.25) is 0 Å². The summed E-state index contributed by atoms with van der Waals surface area (Å²) in [7, 11) is 0. The van der Waals surface area contributed by atoms with Crippen LogP contribution in [-0.2, 0) is 4.74 Å². The van der Waals surface area contributed by atoms with Crippen molar-refractivity contribution in [3.05, 3.63) is 52.6 Å². The molecule has 5 nitrogen and oxygen atoms in total. The summed E-state index contributed by atoms with van der Waals surface area (Å²) < 4.78 is 6.28. The number of anilines is 2. The summed E-state index contributed by atoms with van der Waals surface area (Å²) in [4.78, 5) is 19.0. The first kappa shape index (κ1) is 15.0. The lowest BCUT2D eigenvalue weighted by Gasteiger charge is -2.29. The summed E-state index contributed by atoms with van der Waals surface area (Å²) in [5, 5.41) is 2.91. The molecule has 0 saturated carbocycles. The molecule has 0 spiro atoms. The molecule has 114 valence electrons. The molecule has 6 heteroatoms. The number of benzene rings is 1. The molecule has 1 aromatic heterocycles. The van der Waals surface area contributed by atoms with Gasteiger partial charge in [0.1, 0.15) is 5.82 Å². The SMILES string of the molecule is O=C(Nc1cccc(Br)c1)c1cccnc1N1CCOCC1. The molecule has 1 aromatic carbocycles. The molecule has 0 aliphatic carbocycles. The Morgan fingerprint density at radius 1 is 1.23 bits per heavy atom. The number of pyridine rings is 1. The van der Waals surface area contributed by atoms with Crippen LogP contribution in [0.3, 0.4) is 0 Å². The van der Waals surface area contributed by atoms with Crippen LogP contribution in [0.25, 0.3) is 0 Å². The Hall–Kier alpha value is -1.92. The first-order valence-electron chi connectivity index (χ1n) is 7.09. The van der Waals surface area contributed by atoms with Crippen molar-refractivity contribution in [2.45, 2.75) is 0 Å². The van der Waals surface area contributed by atoms with Crippen LogP contribution in [0.2, 0.25) is 0 Å². The number of halogens is 1. The van der Waals surface area contributed by atoms with Crippen molar-refractivity contribution in [3.63, 3.8) is 0 Å². The maximum Gasteiger partial charge on any atom is 0.259 e. The zero-order valence-electron chi connectivity index (χ0n) is 12.0. The number of morpholine rings is 1. The molecule has 1 N–H and O–H groups in total. The zero-order valence-corrected chi connectivity index (χ0v) is 13.5. The molecule has 0 bridgehead atoms. The third-order valence-corrected chi connectivity index (χ3v) is 3.92. The van der Waals surface area contributed by atoms with Gasteiger partial charge in [0, 0.05) is 29.4 Å². The standard InChI is InChI=1S/C16H16BrN3O2/c17-12-3-1-4-13(11-12)19-16(21)14-5-2-6-18-15(14)20-7-9-22-10-8-20/h1-6,11H,7-10H2,(H,19,21). The molecule has 1 aliphatic heterocycles. The predicted octanol–water partition coefficient (Wildman–Crippen LogP) is 2.93. The monoisotopic (exact) mass is 361 g/mol. The fraction of sp³-hybridized carbons (Fsp3) is 0.250. The molecular formula is C16H16BrN3O2. The quantitative estimate of drug-likeness (QED) is 0.912. The summed E-state index contributed by atoms with van der Waals surface area (Å²) in [6.07, 6.45) is 1.71. The first-order chi connectivity index (χ1) is 10.7. The van der Waals surface area contributed by atoms with Gasteiger partial charge >= 0.3 is 0 Å². The van der Waals surface area contributed by atoms with Gasteiger partial charge in [-0.1, -0.05) is 22.0 Å². The van der Waals surface area contributed by atoms with E-state index in [0.29, 0.717) is 24.6 Å². The van der Waals surface area contributed by atoms with Gasteiger partial charge < -0.3 is 15.0 Å². The zero-order chi connectivity index (χ0) is 15.4. The van der Waals surface area contributed by atoms with E-state index in [1.807, 2.05) is 24.3 Å². The highest BCUT2D eigenvalue weighted by Crippen LogP contribution is 2.21. The Morgan fingerprint density at radius 2 is 2.05 bits per heavy atom. The third-order valence-electron chi connectivity index (χ3n) is 3.42. The summed E-state index contributed by atoms with van der Waals surface area (Å²) in [6, 6.07) is 11.1. The maximum atomic E-state index is 12.6. The lowest BCUT2D eigenvalue weighted by atomic mass is 10.2. The van der Waals surface area contributed by atoms with Gasteiger partial charge in [-0.3, -0.25) is 4.79 Å². The minimum Gasteiger partial charge on any atom is -0.378 e. The molecule has 0 atom stereocenters. The molecule has 3 rings (SSSR count). The lowest BCUT2D eigenvalue weighted by Crippen LogP contribution is -2.38. The summed E-state index contributed by atoms with van der Waals surface area (Å²) in [5.74, 6) is 0.547. The minimum absolute atomic E-state index is 0.160. The van der Waals surface area contributed by atoms with E-state index in [1.165, 1.54) is 0 Å². The summed E-state index contributed by atoms with van der Waals surface area (Å²) in [5.41, 5.74) is 1.32. The number of aromatic nitrogens is 1. The van der Waals surface area contributed by atoms with E-state index >= 15 is 0 Å². The topological polar surface area (TPSA) is 54.5 Å². The van der Waals surface area contributed by atoms with Gasteiger partial charge in [0.25, 0.3) is 5.91 Å². The van der Waals surface area contributed by atoms with Crippen LogP contribution in [0.5, 0.6) is 0 Å². The van der Waals surface area contributed by atoms with Crippen LogP contribution in [0, 0.1) is 0 Å². The number of amides is 1. The fourth-order valence-corrected chi connectivity index (χ4v) is 2.77. The van der Waals surface area contributed by atoms with Crippen molar-refractivity contribution >= 4 is 33.3 Å². The molecule has 1 aliphatic rings. The van der Waals surface area contributed by atoms with Gasteiger partial charge in [-0.2, -0.15) is 0 Å². The van der Waals surface area contributed by atoms with Crippen molar-refractivity contribution in [2.24, 2.45) is 0 Å². The van der Waals surface area contributed by atoms with Crippen LogP contribution in [-0.4, -0.2) is 37.2 Å². The number of rotatable bonds is 3. The van der Waals surface area contributed by atoms with Gasteiger partial charge in [-0.05, 0) is 30.3 Å². The van der Waals surface area contributed by atoms with Crippen molar-refractivity contribution in [1.29, 1.82) is 0 Å². The maximum absolute atomic E-state index is 12.6. The molecule has 2 aromatic rings. The Balaban J connectivity index is 1.83. The van der Waals surface area contributed by atoms with Crippen molar-refractivity contribution in [1.82, 2.24) is 4.98 Å². The van der Waals surface area contributed by atoms with E-state index in [9.17, 15) is 4.79 Å². The Bertz CT molecular complexity index is 672. The summed E-state index contributed by atoms with van der Waals surface area (Å²) in [6.45, 7) is 2.80. The number of hydrogen-bond acceptors (Lipinski definition) is 4. The molecule has 1 amide bonds. The van der Waals surface area contributed by atoms with Crippen molar-refractivity contribution in [3.8, 4) is 0 Å². The number of carbonyl (C=O) groups is 1. The highest BCUT2D eigenvalue weighted by Gasteiger charge is 2.19. The van der Waals surface area contributed by atoms with E-state index in [0.717, 1.165) is 23.2 Å². The van der Waals surface area contributed by atoms with Crippen LogP contribution in [0.1, 0.15) is 10.4 Å². The Kier molecular flexibility index (Phi) is 4.70. The normalized spacial score (nSPS) is 14.7. The number of hydrogen-bond donors (Lipinski definition) is 1. The summed E-state index contributed by atoms with van der Waals surface area (Å²) >= 11 is 3.40. The second kappa shape index (κ2) is 6.89. The van der Waals surface area contributed by atoms with Crippen LogP contribution < -0.4 is 10.2 Å². The van der Waals surface area contributed by atoms with E-state index in [-0.39, 0.29) is 5.91 Å². The second-order valence-corrected chi connectivity index (χ2v) is 5.85. The highest BCUT2D eigenvalue weighted by atomic mass is 79.9. The smallest absolute Gasteiger partial charge is 0.259 e. The molecule has 2 heterocycles. The van der Waals surface area contributed by atoms with E-state index in [4.69, 9.17) is 4.74 Å². The molecule has 0 radical (unpaired) electrons. The predicted molar refractivity (Wildman–Crippen MR) is 89.4 cm³/mol. The first-order valence-corrected chi connectivity index (χ1v) is 7.88. The van der Waals surface area contributed by atoms with E-state index < -0.39 is 0 Å². The molecule has 1 saturated heterocycles. The Morgan fingerprint density at radius 3 is 2.82 bits per heavy atom. The molecule has 1 fully saturated rings. The molecule has 22 heavy (non-hydrogen) atoms. The molecule has 0 unspecified atom stereocenters. The largest absolute Gasteiger partial charge is 0.378 e. The Labute approximate surface area is 137 Å². The van der Waals surface area contributed by atoms with Crippen LogP contribution in [0.4, 0.5) is 11.5 Å². The number of nitrogens with zero attached hydrogens (tertiary/aromatic N) is 2. The van der Waals surface area contributed by atoms with Gasteiger partial charge in [-0.25, -0.2) is 4.98 Å². The van der Waals surface area contributed by atoms with Gasteiger partial charge in [-0.15, -0.1) is 0 Å². The van der Waals surface area contributed by atoms with Crippen LogP contribution in [0.15, 0.2) is 47.1 Å². The van der Waals surface area contributed by atoms with Gasteiger partial charge in [0.15, 0.2) is 0 Å². The molecular weight excluding hydrogens is 346 g/mol. The van der Waals surface area contributed by atoms with E-state index in [2.05, 4.69) is 31.1 Å². The average Bonchev–Trinajstić information content (AvgIpc) is 2.56. The van der Waals surface area contributed by atoms with Crippen molar-refractivity contribution < 1.29 is 9.53 Å². The number of carbonyl (C=O) groups excluding carboxylic acids is 1. The van der Waals surface area contributed by atoms with Crippen molar-refractivity contribution in [2.75, 3.05) is 36.5 Å². The van der Waals surface area contributed by atoms with E-state index in [1.54, 1.807) is 18.3 Å². The minimum atomic E-state index is -0.160. The second-order valence-electron chi connectivity index (χ2n) is 4.94. The number of nitrogens with one attached hydrogen (secondary N) is 1. The fourth-order valence-electron chi connectivity index (χ4n) is 2.37. The number of ether oxygens (including phenoxy) is 1. The van der Waals surface area contributed by atoms with Crippen LogP contribution >= 0.6 is 15.9 Å². The average molecular weight is 362 g/mol. The third kappa shape index (κ3) is 3.45. The van der Waals surface area contributed by atoms with Gasteiger partial charge in [0.05, 0.1) is 18.8 Å². The lowest BCUT2D eigenvalue weighted by molar-refractivity contribution is 0.102.